The van der Waals surface area contributed by atoms with E-state index < -0.39 is 0 Å². The van der Waals surface area contributed by atoms with Crippen LogP contribution >= 0.6 is 22.9 Å². The van der Waals surface area contributed by atoms with Crippen LogP contribution in [0.25, 0.3) is 0 Å². The van der Waals surface area contributed by atoms with Crippen LogP contribution in [0.1, 0.15) is 16.0 Å². The highest BCUT2D eigenvalue weighted by Crippen LogP contribution is 2.18. The molecule has 0 atom stereocenters. The number of hydrogen-bond acceptors (Lipinski definition) is 3. The lowest BCUT2D eigenvalue weighted by molar-refractivity contribution is 0.185. The van der Waals surface area contributed by atoms with Crippen LogP contribution in [0.15, 0.2) is 35.7 Å². The van der Waals surface area contributed by atoms with Gasteiger partial charge in [0.2, 0.25) is 0 Å². The van der Waals surface area contributed by atoms with E-state index in [-0.39, 0.29) is 0 Å². The van der Waals surface area contributed by atoms with Gasteiger partial charge in [0.25, 0.3) is 0 Å². The summed E-state index contributed by atoms with van der Waals surface area (Å²) >= 11 is 7.56. The lowest BCUT2D eigenvalue weighted by atomic mass is 10.1. The van der Waals surface area contributed by atoms with Crippen molar-refractivity contribution >= 4 is 22.9 Å². The first kappa shape index (κ1) is 13.6. The molecule has 0 aliphatic rings. The molecule has 1 aromatic carbocycles. The van der Waals surface area contributed by atoms with Gasteiger partial charge in [-0.1, -0.05) is 35.9 Å². The van der Waals surface area contributed by atoms with Crippen molar-refractivity contribution in [1.82, 2.24) is 5.32 Å². The third kappa shape index (κ3) is 4.10. The Morgan fingerprint density at radius 1 is 1.22 bits per heavy atom. The van der Waals surface area contributed by atoms with Gasteiger partial charge in [-0.15, -0.1) is 11.3 Å². The van der Waals surface area contributed by atoms with E-state index >= 15 is 0 Å². The summed E-state index contributed by atoms with van der Waals surface area (Å²) in [6, 6.07) is 10.4. The molecule has 2 nitrogen and oxygen atoms in total. The summed E-state index contributed by atoms with van der Waals surface area (Å²) < 4.78 is 5.13. The second-order valence-electron chi connectivity index (χ2n) is 4.09. The first-order valence-electron chi connectivity index (χ1n) is 5.78. The first-order chi connectivity index (χ1) is 8.78. The number of halogens is 1. The molecule has 2 rings (SSSR count). The number of rotatable bonds is 6. The van der Waals surface area contributed by atoms with E-state index in [0.29, 0.717) is 6.61 Å². The summed E-state index contributed by atoms with van der Waals surface area (Å²) in [6.45, 7) is 2.37. The SMILES string of the molecule is COCc1cccc(CNCc2cc(Cl)cs2)c1. The van der Waals surface area contributed by atoms with Gasteiger partial charge in [0.05, 0.1) is 11.6 Å². The molecule has 0 spiro atoms. The van der Waals surface area contributed by atoms with Gasteiger partial charge in [-0.2, -0.15) is 0 Å². The van der Waals surface area contributed by atoms with Gasteiger partial charge in [0, 0.05) is 30.5 Å². The predicted molar refractivity (Wildman–Crippen MR) is 77.0 cm³/mol. The molecule has 0 bridgehead atoms. The molecule has 0 saturated carbocycles. The Kier molecular flexibility index (Phi) is 5.20. The molecule has 1 aromatic heterocycles. The van der Waals surface area contributed by atoms with Gasteiger partial charge in [-0.05, 0) is 17.2 Å². The summed E-state index contributed by atoms with van der Waals surface area (Å²) in [5, 5.41) is 6.19. The maximum absolute atomic E-state index is 5.88. The van der Waals surface area contributed by atoms with Gasteiger partial charge >= 0.3 is 0 Å². The monoisotopic (exact) mass is 281 g/mol. The quantitative estimate of drug-likeness (QED) is 0.869. The van der Waals surface area contributed by atoms with E-state index in [1.807, 2.05) is 11.4 Å². The largest absolute Gasteiger partial charge is 0.380 e. The molecule has 0 aliphatic carbocycles. The smallest absolute Gasteiger partial charge is 0.0713 e. The molecule has 0 amide bonds. The number of benzene rings is 1. The normalized spacial score (nSPS) is 10.8. The van der Waals surface area contributed by atoms with E-state index in [2.05, 4.69) is 29.6 Å². The number of hydrogen-bond donors (Lipinski definition) is 1. The summed E-state index contributed by atoms with van der Waals surface area (Å²) in [5.74, 6) is 0. The highest BCUT2D eigenvalue weighted by molar-refractivity contribution is 7.10. The Balaban J connectivity index is 1.84. The Morgan fingerprint density at radius 3 is 2.78 bits per heavy atom. The zero-order valence-electron chi connectivity index (χ0n) is 10.3. The number of methoxy groups -OCH3 is 1. The molecule has 0 radical (unpaired) electrons. The van der Waals surface area contributed by atoms with Crippen molar-refractivity contribution < 1.29 is 4.74 Å². The zero-order chi connectivity index (χ0) is 12.8. The van der Waals surface area contributed by atoms with Gasteiger partial charge in [-0.3, -0.25) is 0 Å². The topological polar surface area (TPSA) is 21.3 Å². The maximum Gasteiger partial charge on any atom is 0.0713 e. The van der Waals surface area contributed by atoms with Crippen LogP contribution in [-0.4, -0.2) is 7.11 Å². The maximum atomic E-state index is 5.88. The number of thiophene rings is 1. The van der Waals surface area contributed by atoms with E-state index in [1.165, 1.54) is 16.0 Å². The highest BCUT2D eigenvalue weighted by atomic mass is 35.5. The molecule has 4 heteroatoms. The van der Waals surface area contributed by atoms with Crippen molar-refractivity contribution in [2.24, 2.45) is 0 Å². The molecule has 0 aliphatic heterocycles. The standard InChI is InChI=1S/C14H16ClNOS/c1-17-9-12-4-2-3-11(5-12)7-16-8-14-6-13(15)10-18-14/h2-6,10,16H,7-9H2,1H3. The lowest BCUT2D eigenvalue weighted by Gasteiger charge is -2.06. The van der Waals surface area contributed by atoms with Gasteiger partial charge < -0.3 is 10.1 Å². The highest BCUT2D eigenvalue weighted by Gasteiger charge is 1.99. The average molecular weight is 282 g/mol. The van der Waals surface area contributed by atoms with Crippen molar-refractivity contribution in [2.45, 2.75) is 19.7 Å². The predicted octanol–water partition coefficient (Wildman–Crippen LogP) is 3.84. The molecular formula is C14H16ClNOS. The summed E-state index contributed by atoms with van der Waals surface area (Å²) in [5.41, 5.74) is 2.48. The summed E-state index contributed by atoms with van der Waals surface area (Å²) in [7, 11) is 1.71. The Hall–Kier alpha value is -0.870. The molecule has 0 unspecified atom stereocenters. The average Bonchev–Trinajstić information content (AvgIpc) is 2.76. The van der Waals surface area contributed by atoms with Crippen molar-refractivity contribution in [1.29, 1.82) is 0 Å². The van der Waals surface area contributed by atoms with Crippen LogP contribution in [0.5, 0.6) is 0 Å². The second-order valence-corrected chi connectivity index (χ2v) is 5.52. The summed E-state index contributed by atoms with van der Waals surface area (Å²) in [6.07, 6.45) is 0. The molecule has 1 heterocycles. The molecule has 0 saturated heterocycles. The van der Waals surface area contributed by atoms with E-state index in [4.69, 9.17) is 16.3 Å². The lowest BCUT2D eigenvalue weighted by Crippen LogP contribution is -2.11. The molecule has 18 heavy (non-hydrogen) atoms. The van der Waals surface area contributed by atoms with Crippen molar-refractivity contribution in [3.8, 4) is 0 Å². The van der Waals surface area contributed by atoms with Crippen molar-refractivity contribution in [2.75, 3.05) is 7.11 Å². The Bertz CT molecular complexity index is 498. The second kappa shape index (κ2) is 6.90. The zero-order valence-corrected chi connectivity index (χ0v) is 11.9. The Labute approximate surface area is 117 Å². The van der Waals surface area contributed by atoms with Gasteiger partial charge in [-0.25, -0.2) is 0 Å². The van der Waals surface area contributed by atoms with Crippen LogP contribution in [0.2, 0.25) is 5.02 Å². The van der Waals surface area contributed by atoms with Crippen LogP contribution < -0.4 is 5.32 Å². The third-order valence-electron chi connectivity index (χ3n) is 2.55. The van der Waals surface area contributed by atoms with E-state index in [9.17, 15) is 0 Å². The molecular weight excluding hydrogens is 266 g/mol. The molecule has 0 fully saturated rings. The van der Waals surface area contributed by atoms with Crippen LogP contribution in [0.3, 0.4) is 0 Å². The minimum Gasteiger partial charge on any atom is -0.380 e. The van der Waals surface area contributed by atoms with Crippen LogP contribution in [0.4, 0.5) is 0 Å². The van der Waals surface area contributed by atoms with Crippen LogP contribution in [0, 0.1) is 0 Å². The summed E-state index contributed by atoms with van der Waals surface area (Å²) in [4.78, 5) is 1.26. The Morgan fingerprint density at radius 2 is 2.06 bits per heavy atom. The molecule has 1 N–H and O–H groups in total. The fourth-order valence-electron chi connectivity index (χ4n) is 1.77. The fourth-order valence-corrected chi connectivity index (χ4v) is 2.82. The molecule has 96 valence electrons. The van der Waals surface area contributed by atoms with E-state index in [0.717, 1.165) is 18.1 Å². The van der Waals surface area contributed by atoms with Crippen molar-refractivity contribution in [3.63, 3.8) is 0 Å². The number of ether oxygens (including phenoxy) is 1. The fraction of sp³-hybridized carbons (Fsp3) is 0.286. The first-order valence-corrected chi connectivity index (χ1v) is 7.04. The van der Waals surface area contributed by atoms with Gasteiger partial charge in [0.1, 0.15) is 0 Å². The minimum atomic E-state index is 0.661. The molecule has 2 aromatic rings. The van der Waals surface area contributed by atoms with Crippen molar-refractivity contribution in [3.05, 3.63) is 56.7 Å². The van der Waals surface area contributed by atoms with Crippen LogP contribution in [-0.2, 0) is 24.4 Å². The van der Waals surface area contributed by atoms with E-state index in [1.54, 1.807) is 18.4 Å². The minimum absolute atomic E-state index is 0.661. The number of nitrogens with one attached hydrogen (secondary N) is 1. The van der Waals surface area contributed by atoms with Gasteiger partial charge in [0.15, 0.2) is 0 Å². The third-order valence-corrected chi connectivity index (χ3v) is 3.84.